The highest BCUT2D eigenvalue weighted by atomic mass is 16.4. The first-order valence-corrected chi connectivity index (χ1v) is 8.86. The van der Waals surface area contributed by atoms with Gasteiger partial charge in [-0.25, -0.2) is 0 Å². The number of carbonyl (C=O) groups is 1. The molecule has 2 saturated carbocycles. The zero-order valence-electron chi connectivity index (χ0n) is 13.1. The van der Waals surface area contributed by atoms with Crippen molar-refractivity contribution < 1.29 is 9.90 Å². The number of rotatable bonds is 8. The zero-order valence-corrected chi connectivity index (χ0v) is 13.1. The second-order valence-corrected chi connectivity index (χ2v) is 7.59. The van der Waals surface area contributed by atoms with Crippen molar-refractivity contribution in [2.45, 2.75) is 57.4 Å². The molecule has 2 unspecified atom stereocenters. The van der Waals surface area contributed by atoms with Crippen molar-refractivity contribution in [2.24, 2.45) is 17.8 Å². The summed E-state index contributed by atoms with van der Waals surface area (Å²) < 4.78 is 0. The summed E-state index contributed by atoms with van der Waals surface area (Å²) in [4.78, 5) is 13.2. The molecule has 1 heterocycles. The van der Waals surface area contributed by atoms with Gasteiger partial charge in [0.25, 0.3) is 0 Å². The molecule has 120 valence electrons. The van der Waals surface area contributed by atoms with Gasteiger partial charge < -0.3 is 15.3 Å². The Morgan fingerprint density at radius 1 is 1.10 bits per heavy atom. The Morgan fingerprint density at radius 3 is 2.52 bits per heavy atom. The van der Waals surface area contributed by atoms with E-state index in [-0.39, 0.29) is 6.42 Å². The van der Waals surface area contributed by atoms with Crippen LogP contribution in [0.25, 0.3) is 0 Å². The van der Waals surface area contributed by atoms with Gasteiger partial charge in [0.2, 0.25) is 0 Å². The van der Waals surface area contributed by atoms with E-state index in [1.54, 1.807) is 0 Å². The fourth-order valence-electron chi connectivity index (χ4n) is 3.91. The molecule has 0 spiro atoms. The Balaban J connectivity index is 1.46. The van der Waals surface area contributed by atoms with Gasteiger partial charge in [-0.15, -0.1) is 0 Å². The first-order valence-electron chi connectivity index (χ1n) is 8.86. The molecule has 3 aliphatic rings. The highest BCUT2D eigenvalue weighted by molar-refractivity contribution is 5.66. The topological polar surface area (TPSA) is 52.6 Å². The van der Waals surface area contributed by atoms with Gasteiger partial charge >= 0.3 is 5.97 Å². The maximum atomic E-state index is 10.8. The highest BCUT2D eigenvalue weighted by Gasteiger charge is 2.32. The van der Waals surface area contributed by atoms with Gasteiger partial charge in [0.05, 0.1) is 6.42 Å². The number of hydrogen-bond donors (Lipinski definition) is 2. The van der Waals surface area contributed by atoms with Crippen molar-refractivity contribution in [3.8, 4) is 0 Å². The van der Waals surface area contributed by atoms with E-state index in [0.29, 0.717) is 6.04 Å². The summed E-state index contributed by atoms with van der Waals surface area (Å²) >= 11 is 0. The number of piperidine rings is 1. The standard InChI is InChI=1S/C17H30N2O2/c20-17(21)6-7-19-11-15(8-13-4-5-13)9-16(12-19)18-10-14-2-1-3-14/h13-16,18H,1-12H2,(H,20,21). The Labute approximate surface area is 128 Å². The molecule has 4 nitrogen and oxygen atoms in total. The molecule has 3 rings (SSSR count). The predicted molar refractivity (Wildman–Crippen MR) is 83.3 cm³/mol. The molecule has 21 heavy (non-hydrogen) atoms. The summed E-state index contributed by atoms with van der Waals surface area (Å²) in [7, 11) is 0. The molecule has 0 bridgehead atoms. The lowest BCUT2D eigenvalue weighted by molar-refractivity contribution is -0.137. The van der Waals surface area contributed by atoms with Gasteiger partial charge in [0.1, 0.15) is 0 Å². The van der Waals surface area contributed by atoms with Crippen LogP contribution < -0.4 is 5.32 Å². The molecule has 0 amide bonds. The number of carboxylic acids is 1. The van der Waals surface area contributed by atoms with E-state index in [1.807, 2.05) is 0 Å². The van der Waals surface area contributed by atoms with E-state index in [1.165, 1.54) is 51.5 Å². The zero-order chi connectivity index (χ0) is 14.7. The Morgan fingerprint density at radius 2 is 1.90 bits per heavy atom. The van der Waals surface area contributed by atoms with Crippen LogP contribution in [0.3, 0.4) is 0 Å². The summed E-state index contributed by atoms with van der Waals surface area (Å²) in [6, 6.07) is 0.580. The molecular weight excluding hydrogens is 264 g/mol. The Bertz CT molecular complexity index is 353. The Kier molecular flexibility index (Phi) is 5.17. The number of carboxylic acid groups (broad SMARTS) is 1. The van der Waals surface area contributed by atoms with Crippen LogP contribution in [0.2, 0.25) is 0 Å². The van der Waals surface area contributed by atoms with Gasteiger partial charge in [-0.1, -0.05) is 19.3 Å². The molecule has 4 heteroatoms. The van der Waals surface area contributed by atoms with Crippen molar-refractivity contribution in [3.05, 3.63) is 0 Å². The number of hydrogen-bond acceptors (Lipinski definition) is 3. The molecule has 0 aromatic heterocycles. The first kappa shape index (κ1) is 15.3. The summed E-state index contributed by atoms with van der Waals surface area (Å²) in [5.41, 5.74) is 0. The molecule has 0 aromatic rings. The van der Waals surface area contributed by atoms with Gasteiger partial charge in [0.15, 0.2) is 0 Å². The van der Waals surface area contributed by atoms with Crippen LogP contribution in [0, 0.1) is 17.8 Å². The average molecular weight is 294 g/mol. The van der Waals surface area contributed by atoms with E-state index in [0.717, 1.165) is 37.4 Å². The monoisotopic (exact) mass is 294 g/mol. The molecule has 2 atom stereocenters. The molecule has 2 aliphatic carbocycles. The Hall–Kier alpha value is -0.610. The first-order chi connectivity index (χ1) is 10.2. The molecular formula is C17H30N2O2. The minimum absolute atomic E-state index is 0.283. The van der Waals surface area contributed by atoms with Crippen LogP contribution >= 0.6 is 0 Å². The minimum atomic E-state index is -0.668. The van der Waals surface area contributed by atoms with Crippen molar-refractivity contribution >= 4 is 5.97 Å². The lowest BCUT2D eigenvalue weighted by Crippen LogP contribution is -2.51. The summed E-state index contributed by atoms with van der Waals surface area (Å²) in [5.74, 6) is 1.99. The van der Waals surface area contributed by atoms with E-state index in [2.05, 4.69) is 10.2 Å². The highest BCUT2D eigenvalue weighted by Crippen LogP contribution is 2.38. The smallest absolute Gasteiger partial charge is 0.304 e. The number of nitrogens with one attached hydrogen (secondary N) is 1. The van der Waals surface area contributed by atoms with Crippen molar-refractivity contribution in [1.29, 1.82) is 0 Å². The van der Waals surface area contributed by atoms with Gasteiger partial charge in [-0.05, 0) is 50.0 Å². The molecule has 2 N–H and O–H groups in total. The molecule has 0 aromatic carbocycles. The fourth-order valence-corrected chi connectivity index (χ4v) is 3.91. The second-order valence-electron chi connectivity index (χ2n) is 7.59. The second kappa shape index (κ2) is 7.10. The minimum Gasteiger partial charge on any atom is -0.481 e. The quantitative estimate of drug-likeness (QED) is 0.721. The maximum Gasteiger partial charge on any atom is 0.304 e. The third-order valence-corrected chi connectivity index (χ3v) is 5.54. The molecule has 3 fully saturated rings. The SMILES string of the molecule is O=C(O)CCN1CC(CC2CC2)CC(NCC2CCC2)C1. The third kappa shape index (κ3) is 4.96. The van der Waals surface area contributed by atoms with E-state index >= 15 is 0 Å². The van der Waals surface area contributed by atoms with E-state index in [4.69, 9.17) is 5.11 Å². The molecule has 0 radical (unpaired) electrons. The van der Waals surface area contributed by atoms with Gasteiger partial charge in [-0.3, -0.25) is 4.79 Å². The van der Waals surface area contributed by atoms with Gasteiger partial charge in [0, 0.05) is 25.7 Å². The third-order valence-electron chi connectivity index (χ3n) is 5.54. The normalized spacial score (nSPS) is 31.0. The van der Waals surface area contributed by atoms with E-state index in [9.17, 15) is 4.79 Å². The van der Waals surface area contributed by atoms with Gasteiger partial charge in [-0.2, -0.15) is 0 Å². The molecule has 1 aliphatic heterocycles. The number of aliphatic carboxylic acids is 1. The van der Waals surface area contributed by atoms with Crippen LogP contribution in [0.5, 0.6) is 0 Å². The maximum absolute atomic E-state index is 10.8. The largest absolute Gasteiger partial charge is 0.481 e. The fraction of sp³-hybridized carbons (Fsp3) is 0.941. The number of likely N-dealkylation sites (tertiary alicyclic amines) is 1. The van der Waals surface area contributed by atoms with Crippen LogP contribution in [-0.4, -0.2) is 48.2 Å². The molecule has 1 saturated heterocycles. The lowest BCUT2D eigenvalue weighted by Gasteiger charge is -2.39. The summed E-state index contributed by atoms with van der Waals surface area (Å²) in [6.07, 6.45) is 10.00. The summed E-state index contributed by atoms with van der Waals surface area (Å²) in [6.45, 7) is 4.05. The average Bonchev–Trinajstić information content (AvgIpc) is 3.18. The lowest BCUT2D eigenvalue weighted by atomic mass is 9.84. The van der Waals surface area contributed by atoms with E-state index < -0.39 is 5.97 Å². The number of nitrogens with zero attached hydrogens (tertiary/aromatic N) is 1. The van der Waals surface area contributed by atoms with Crippen LogP contribution in [0.1, 0.15) is 51.4 Å². The predicted octanol–water partition coefficient (Wildman–Crippen LogP) is 2.34. The van der Waals surface area contributed by atoms with Crippen molar-refractivity contribution in [1.82, 2.24) is 10.2 Å². The summed E-state index contributed by atoms with van der Waals surface area (Å²) in [5, 5.41) is 12.7. The van der Waals surface area contributed by atoms with Crippen molar-refractivity contribution in [2.75, 3.05) is 26.2 Å². The van der Waals surface area contributed by atoms with Crippen LogP contribution in [0.4, 0.5) is 0 Å². The van der Waals surface area contributed by atoms with Crippen LogP contribution in [0.15, 0.2) is 0 Å². The van der Waals surface area contributed by atoms with Crippen LogP contribution in [-0.2, 0) is 4.79 Å². The van der Waals surface area contributed by atoms with Crippen molar-refractivity contribution in [3.63, 3.8) is 0 Å².